The lowest BCUT2D eigenvalue weighted by molar-refractivity contribution is -0.120. The zero-order valence-corrected chi connectivity index (χ0v) is 13.6. The number of carbonyl (C=O) groups is 1. The van der Waals surface area contributed by atoms with Crippen LogP contribution in [0.1, 0.15) is 44.1 Å². The highest BCUT2D eigenvalue weighted by Crippen LogP contribution is 2.23. The summed E-state index contributed by atoms with van der Waals surface area (Å²) in [6.07, 6.45) is 7.75. The number of halogens is 1. The number of aromatic hydroxyl groups is 1. The first-order valence-corrected chi connectivity index (χ1v) is 8.38. The average molecular weight is 326 g/mol. The largest absolute Gasteiger partial charge is 0.506 e. The third kappa shape index (κ3) is 5.85. The number of phenols is 1. The normalized spacial score (nSPS) is 15.7. The molecule has 2 rings (SSSR count). The first-order chi connectivity index (χ1) is 10.6. The molecule has 2 N–H and O–H groups in total. The second-order valence-electron chi connectivity index (χ2n) is 5.80. The van der Waals surface area contributed by atoms with E-state index in [0.717, 1.165) is 12.0 Å². The van der Waals surface area contributed by atoms with Gasteiger partial charge in [-0.05, 0) is 37.0 Å². The number of amides is 1. The lowest BCUT2D eigenvalue weighted by atomic mass is 9.98. The Morgan fingerprint density at radius 1 is 1.32 bits per heavy atom. The predicted molar refractivity (Wildman–Crippen MR) is 87.3 cm³/mol. The summed E-state index contributed by atoms with van der Waals surface area (Å²) >= 11 is 5.82. The third-order valence-corrected chi connectivity index (χ3v) is 4.23. The summed E-state index contributed by atoms with van der Waals surface area (Å²) in [7, 11) is 0. The standard InChI is InChI=1S/C17H24ClNO3/c18-15-11-13(7-8-16(15)20)12-17(21)19-9-4-10-22-14-5-2-1-3-6-14/h7-8,11,14,20H,1-6,9-10,12H2,(H,19,21). The maximum Gasteiger partial charge on any atom is 0.224 e. The van der Waals surface area contributed by atoms with E-state index >= 15 is 0 Å². The van der Waals surface area contributed by atoms with Crippen molar-refractivity contribution in [2.75, 3.05) is 13.2 Å². The second-order valence-corrected chi connectivity index (χ2v) is 6.20. The molecule has 1 aromatic rings. The van der Waals surface area contributed by atoms with Gasteiger partial charge in [0.15, 0.2) is 0 Å². The van der Waals surface area contributed by atoms with Crippen LogP contribution in [0.5, 0.6) is 5.75 Å². The van der Waals surface area contributed by atoms with Crippen LogP contribution in [0, 0.1) is 0 Å². The van der Waals surface area contributed by atoms with E-state index in [1.165, 1.54) is 38.2 Å². The Balaban J connectivity index is 1.58. The highest BCUT2D eigenvalue weighted by Gasteiger charge is 2.13. The van der Waals surface area contributed by atoms with Gasteiger partial charge < -0.3 is 15.2 Å². The van der Waals surface area contributed by atoms with Crippen molar-refractivity contribution in [2.45, 2.75) is 51.0 Å². The molecule has 0 spiro atoms. The lowest BCUT2D eigenvalue weighted by Crippen LogP contribution is -2.27. The van der Waals surface area contributed by atoms with Gasteiger partial charge in [0, 0.05) is 13.2 Å². The second kappa shape index (κ2) is 9.01. The molecular weight excluding hydrogens is 302 g/mol. The van der Waals surface area contributed by atoms with Crippen LogP contribution in [0.15, 0.2) is 18.2 Å². The summed E-state index contributed by atoms with van der Waals surface area (Å²) in [5, 5.41) is 12.5. The molecule has 1 aliphatic carbocycles. The lowest BCUT2D eigenvalue weighted by Gasteiger charge is -2.21. The zero-order valence-electron chi connectivity index (χ0n) is 12.8. The number of nitrogens with one attached hydrogen (secondary N) is 1. The topological polar surface area (TPSA) is 58.6 Å². The number of hydrogen-bond donors (Lipinski definition) is 2. The Hall–Kier alpha value is -1.26. The molecule has 1 aromatic carbocycles. The van der Waals surface area contributed by atoms with Crippen LogP contribution < -0.4 is 5.32 Å². The molecule has 0 saturated heterocycles. The van der Waals surface area contributed by atoms with Crippen molar-refractivity contribution < 1.29 is 14.6 Å². The third-order valence-electron chi connectivity index (χ3n) is 3.93. The van der Waals surface area contributed by atoms with Gasteiger partial charge in [-0.3, -0.25) is 4.79 Å². The minimum Gasteiger partial charge on any atom is -0.506 e. The van der Waals surface area contributed by atoms with Gasteiger partial charge in [-0.15, -0.1) is 0 Å². The zero-order chi connectivity index (χ0) is 15.8. The SMILES string of the molecule is O=C(Cc1ccc(O)c(Cl)c1)NCCCOC1CCCCC1. The average Bonchev–Trinajstić information content (AvgIpc) is 2.52. The quantitative estimate of drug-likeness (QED) is 0.755. The molecule has 5 heteroatoms. The van der Waals surface area contributed by atoms with Crippen molar-refractivity contribution in [3.05, 3.63) is 28.8 Å². The molecule has 0 aliphatic heterocycles. The van der Waals surface area contributed by atoms with E-state index in [-0.39, 0.29) is 23.1 Å². The van der Waals surface area contributed by atoms with Gasteiger partial charge in [0.05, 0.1) is 17.5 Å². The van der Waals surface area contributed by atoms with E-state index < -0.39 is 0 Å². The van der Waals surface area contributed by atoms with E-state index in [0.29, 0.717) is 19.3 Å². The van der Waals surface area contributed by atoms with Crippen LogP contribution in [0.3, 0.4) is 0 Å². The molecule has 0 aromatic heterocycles. The number of phenolic OH excluding ortho intramolecular Hbond substituents is 1. The van der Waals surface area contributed by atoms with E-state index in [2.05, 4.69) is 5.32 Å². The van der Waals surface area contributed by atoms with E-state index in [9.17, 15) is 9.90 Å². The Morgan fingerprint density at radius 3 is 2.82 bits per heavy atom. The van der Waals surface area contributed by atoms with Crippen LogP contribution in [-0.4, -0.2) is 30.3 Å². The smallest absolute Gasteiger partial charge is 0.224 e. The van der Waals surface area contributed by atoms with Gasteiger partial charge >= 0.3 is 0 Å². The molecule has 0 radical (unpaired) electrons. The minimum atomic E-state index is -0.0422. The van der Waals surface area contributed by atoms with Gasteiger partial charge in [-0.2, -0.15) is 0 Å². The number of benzene rings is 1. The summed E-state index contributed by atoms with van der Waals surface area (Å²) in [4.78, 5) is 11.8. The molecule has 22 heavy (non-hydrogen) atoms. The fourth-order valence-corrected chi connectivity index (χ4v) is 2.89. The molecule has 4 nitrogen and oxygen atoms in total. The summed E-state index contributed by atoms with van der Waals surface area (Å²) in [6.45, 7) is 1.33. The van der Waals surface area contributed by atoms with Crippen molar-refractivity contribution in [2.24, 2.45) is 0 Å². The summed E-state index contributed by atoms with van der Waals surface area (Å²) in [5.41, 5.74) is 0.791. The Bertz CT molecular complexity index is 487. The van der Waals surface area contributed by atoms with E-state index in [4.69, 9.17) is 16.3 Å². The Morgan fingerprint density at radius 2 is 2.09 bits per heavy atom. The fraction of sp³-hybridized carbons (Fsp3) is 0.588. The number of carbonyl (C=O) groups excluding carboxylic acids is 1. The Labute approximate surface area is 136 Å². The van der Waals surface area contributed by atoms with Gasteiger partial charge in [-0.1, -0.05) is 36.9 Å². The van der Waals surface area contributed by atoms with Crippen LogP contribution in [-0.2, 0) is 16.0 Å². The highest BCUT2D eigenvalue weighted by molar-refractivity contribution is 6.32. The summed E-state index contributed by atoms with van der Waals surface area (Å²) in [5.74, 6) is -0.00916. The molecule has 1 aliphatic rings. The summed E-state index contributed by atoms with van der Waals surface area (Å²) in [6, 6.07) is 4.82. The molecule has 0 atom stereocenters. The van der Waals surface area contributed by atoms with Crippen LogP contribution in [0.4, 0.5) is 0 Å². The van der Waals surface area contributed by atoms with Crippen LogP contribution in [0.25, 0.3) is 0 Å². The molecule has 0 unspecified atom stereocenters. The van der Waals surface area contributed by atoms with Gasteiger partial charge in [0.1, 0.15) is 5.75 Å². The van der Waals surface area contributed by atoms with Gasteiger partial charge in [0.25, 0.3) is 0 Å². The molecule has 0 bridgehead atoms. The van der Waals surface area contributed by atoms with E-state index in [1.54, 1.807) is 12.1 Å². The Kier molecular flexibility index (Phi) is 7.00. The van der Waals surface area contributed by atoms with Crippen molar-refractivity contribution in [3.63, 3.8) is 0 Å². The first-order valence-electron chi connectivity index (χ1n) is 8.01. The van der Waals surface area contributed by atoms with Crippen LogP contribution >= 0.6 is 11.6 Å². The monoisotopic (exact) mass is 325 g/mol. The number of hydrogen-bond acceptors (Lipinski definition) is 3. The van der Waals surface area contributed by atoms with E-state index in [1.807, 2.05) is 0 Å². The number of rotatable bonds is 7. The minimum absolute atomic E-state index is 0.0330. The molecular formula is C17H24ClNO3. The fourth-order valence-electron chi connectivity index (χ4n) is 2.69. The molecule has 122 valence electrons. The van der Waals surface area contributed by atoms with Crippen LogP contribution in [0.2, 0.25) is 5.02 Å². The first kappa shape index (κ1) is 17.1. The molecule has 1 amide bonds. The van der Waals surface area contributed by atoms with Crippen molar-refractivity contribution >= 4 is 17.5 Å². The van der Waals surface area contributed by atoms with Crippen molar-refractivity contribution in [1.82, 2.24) is 5.32 Å². The van der Waals surface area contributed by atoms with Crippen molar-refractivity contribution in [3.8, 4) is 5.75 Å². The van der Waals surface area contributed by atoms with Gasteiger partial charge in [-0.25, -0.2) is 0 Å². The summed E-state index contributed by atoms with van der Waals surface area (Å²) < 4.78 is 5.82. The van der Waals surface area contributed by atoms with Gasteiger partial charge in [0.2, 0.25) is 5.91 Å². The highest BCUT2D eigenvalue weighted by atomic mass is 35.5. The molecule has 1 fully saturated rings. The number of ether oxygens (including phenoxy) is 1. The van der Waals surface area contributed by atoms with Crippen molar-refractivity contribution in [1.29, 1.82) is 0 Å². The maximum absolute atomic E-state index is 11.8. The molecule has 1 saturated carbocycles. The maximum atomic E-state index is 11.8. The molecule has 0 heterocycles. The predicted octanol–water partition coefficient (Wildman–Crippen LogP) is 3.44.